The van der Waals surface area contributed by atoms with Gasteiger partial charge in [-0.2, -0.15) is 0 Å². The van der Waals surface area contributed by atoms with Gasteiger partial charge in [0.15, 0.2) is 6.61 Å². The predicted octanol–water partition coefficient (Wildman–Crippen LogP) is 5.01. The Balaban J connectivity index is 1.74. The molecule has 7 heteroatoms. The minimum atomic E-state index is -0.489. The van der Waals surface area contributed by atoms with Crippen LogP contribution in [0.4, 0.5) is 5.00 Å². The molecule has 0 radical (unpaired) electrons. The number of nitrogens with one attached hydrogen (secondary N) is 1. The summed E-state index contributed by atoms with van der Waals surface area (Å²) in [5, 5.41) is 6.99. The second-order valence-electron chi connectivity index (χ2n) is 5.76. The van der Waals surface area contributed by atoms with E-state index in [1.165, 1.54) is 29.8 Å². The number of methoxy groups -OCH3 is 1. The molecular formula is C21H19NO4S2. The summed E-state index contributed by atoms with van der Waals surface area (Å²) in [5.74, 6) is -0.202. The normalized spacial score (nSPS) is 10.3. The van der Waals surface area contributed by atoms with Crippen molar-refractivity contribution in [1.82, 2.24) is 0 Å². The van der Waals surface area contributed by atoms with Crippen LogP contribution in [0.1, 0.15) is 15.9 Å². The molecule has 0 aliphatic rings. The SMILES string of the molecule is C=CCc1ccccc1OCC(=O)Nc1scc(-c2cccs2)c1C(=O)OC. The van der Waals surface area contributed by atoms with Crippen LogP contribution in [-0.2, 0) is 16.0 Å². The van der Waals surface area contributed by atoms with Crippen molar-refractivity contribution in [2.75, 3.05) is 19.0 Å². The van der Waals surface area contributed by atoms with Gasteiger partial charge in [-0.05, 0) is 29.5 Å². The Bertz CT molecular complexity index is 976. The average molecular weight is 414 g/mol. The van der Waals surface area contributed by atoms with E-state index in [0.717, 1.165) is 16.0 Å². The highest BCUT2D eigenvalue weighted by Crippen LogP contribution is 2.38. The van der Waals surface area contributed by atoms with Crippen LogP contribution in [0.3, 0.4) is 0 Å². The van der Waals surface area contributed by atoms with Crippen LogP contribution in [0.5, 0.6) is 5.75 Å². The lowest BCUT2D eigenvalue weighted by molar-refractivity contribution is -0.118. The van der Waals surface area contributed by atoms with E-state index in [9.17, 15) is 9.59 Å². The summed E-state index contributed by atoms with van der Waals surface area (Å²) in [5.41, 5.74) is 2.06. The predicted molar refractivity (Wildman–Crippen MR) is 113 cm³/mol. The summed E-state index contributed by atoms with van der Waals surface area (Å²) in [4.78, 5) is 25.6. The Kier molecular flexibility index (Phi) is 6.62. The summed E-state index contributed by atoms with van der Waals surface area (Å²) in [6, 6.07) is 11.3. The van der Waals surface area contributed by atoms with Crippen molar-refractivity contribution in [3.05, 3.63) is 70.9 Å². The standard InChI is InChI=1S/C21H19NO4S2/c1-3-7-14-8-4-5-9-16(14)26-12-18(23)22-20-19(21(24)25-2)15(13-28-20)17-10-6-11-27-17/h3-6,8-11,13H,1,7,12H2,2H3,(H,22,23). The summed E-state index contributed by atoms with van der Waals surface area (Å²) < 4.78 is 10.6. The van der Waals surface area contributed by atoms with Crippen molar-refractivity contribution in [1.29, 1.82) is 0 Å². The summed E-state index contributed by atoms with van der Waals surface area (Å²) in [6.07, 6.45) is 2.43. The van der Waals surface area contributed by atoms with Gasteiger partial charge < -0.3 is 14.8 Å². The van der Waals surface area contributed by atoms with E-state index in [1.54, 1.807) is 6.08 Å². The molecule has 0 fully saturated rings. The van der Waals surface area contributed by atoms with Crippen LogP contribution >= 0.6 is 22.7 Å². The van der Waals surface area contributed by atoms with Crippen molar-refractivity contribution in [3.63, 3.8) is 0 Å². The number of hydrogen-bond donors (Lipinski definition) is 1. The van der Waals surface area contributed by atoms with Crippen LogP contribution in [0.15, 0.2) is 59.8 Å². The molecule has 0 saturated carbocycles. The maximum Gasteiger partial charge on any atom is 0.341 e. The highest BCUT2D eigenvalue weighted by Gasteiger charge is 2.23. The molecule has 0 spiro atoms. The zero-order valence-electron chi connectivity index (χ0n) is 15.3. The van der Waals surface area contributed by atoms with Gasteiger partial charge in [0.2, 0.25) is 0 Å². The fourth-order valence-corrected chi connectivity index (χ4v) is 4.43. The molecule has 2 aromatic heterocycles. The van der Waals surface area contributed by atoms with E-state index in [1.807, 2.05) is 47.2 Å². The molecule has 1 aromatic carbocycles. The number of anilines is 1. The first-order chi connectivity index (χ1) is 13.6. The van der Waals surface area contributed by atoms with E-state index in [4.69, 9.17) is 9.47 Å². The number of thiophene rings is 2. The van der Waals surface area contributed by atoms with Crippen LogP contribution in [0.25, 0.3) is 10.4 Å². The van der Waals surface area contributed by atoms with Crippen LogP contribution in [0.2, 0.25) is 0 Å². The number of para-hydroxylation sites is 1. The molecule has 3 rings (SSSR count). The van der Waals surface area contributed by atoms with Crippen molar-refractivity contribution in [3.8, 4) is 16.2 Å². The molecule has 0 aliphatic carbocycles. The summed E-state index contributed by atoms with van der Waals surface area (Å²) >= 11 is 2.80. The molecule has 1 amide bonds. The third-order valence-electron chi connectivity index (χ3n) is 3.92. The first-order valence-corrected chi connectivity index (χ1v) is 10.2. The number of carbonyl (C=O) groups excluding carboxylic acids is 2. The Labute approximate surface area is 171 Å². The van der Waals surface area contributed by atoms with E-state index in [-0.39, 0.29) is 12.5 Å². The second-order valence-corrected chi connectivity index (χ2v) is 7.59. The highest BCUT2D eigenvalue weighted by molar-refractivity contribution is 7.17. The van der Waals surface area contributed by atoms with E-state index in [0.29, 0.717) is 22.7 Å². The Morgan fingerprint density at radius 2 is 2.00 bits per heavy atom. The fraction of sp³-hybridized carbons (Fsp3) is 0.143. The molecule has 1 N–H and O–H groups in total. The van der Waals surface area contributed by atoms with E-state index in [2.05, 4.69) is 11.9 Å². The van der Waals surface area contributed by atoms with E-state index >= 15 is 0 Å². The van der Waals surface area contributed by atoms with Crippen molar-refractivity contribution < 1.29 is 19.1 Å². The maximum absolute atomic E-state index is 12.4. The zero-order valence-corrected chi connectivity index (χ0v) is 16.9. The van der Waals surface area contributed by atoms with Gasteiger partial charge >= 0.3 is 5.97 Å². The molecule has 0 unspecified atom stereocenters. The van der Waals surface area contributed by atoms with Gasteiger partial charge in [-0.3, -0.25) is 4.79 Å². The number of benzene rings is 1. The first-order valence-electron chi connectivity index (χ1n) is 8.49. The molecule has 0 bridgehead atoms. The van der Waals surface area contributed by atoms with Crippen LogP contribution in [-0.4, -0.2) is 25.6 Å². The molecule has 2 heterocycles. The van der Waals surface area contributed by atoms with Gasteiger partial charge in [-0.25, -0.2) is 4.79 Å². The Morgan fingerprint density at radius 3 is 2.71 bits per heavy atom. The summed E-state index contributed by atoms with van der Waals surface area (Å²) in [7, 11) is 1.32. The monoisotopic (exact) mass is 413 g/mol. The fourth-order valence-electron chi connectivity index (χ4n) is 2.64. The Hall–Kier alpha value is -2.90. The lowest BCUT2D eigenvalue weighted by atomic mass is 10.1. The molecular weight excluding hydrogens is 394 g/mol. The number of allylic oxidation sites excluding steroid dienone is 1. The number of carbonyl (C=O) groups is 2. The van der Waals surface area contributed by atoms with Gasteiger partial charge in [-0.1, -0.05) is 30.3 Å². The number of esters is 1. The molecule has 0 saturated heterocycles. The van der Waals surface area contributed by atoms with Gasteiger partial charge in [0.25, 0.3) is 5.91 Å². The molecule has 144 valence electrons. The lowest BCUT2D eigenvalue weighted by Crippen LogP contribution is -2.21. The van der Waals surface area contributed by atoms with Gasteiger partial charge in [-0.15, -0.1) is 29.3 Å². The number of rotatable bonds is 8. The minimum Gasteiger partial charge on any atom is -0.483 e. The number of hydrogen-bond acceptors (Lipinski definition) is 6. The molecule has 0 atom stereocenters. The lowest BCUT2D eigenvalue weighted by Gasteiger charge is -2.11. The van der Waals surface area contributed by atoms with Crippen molar-refractivity contribution >= 4 is 39.6 Å². The highest BCUT2D eigenvalue weighted by atomic mass is 32.1. The first kappa shape index (κ1) is 19.9. The maximum atomic E-state index is 12.4. The third-order valence-corrected chi connectivity index (χ3v) is 5.71. The largest absolute Gasteiger partial charge is 0.483 e. The van der Waals surface area contributed by atoms with Gasteiger partial charge in [0, 0.05) is 15.8 Å². The molecule has 3 aromatic rings. The van der Waals surface area contributed by atoms with Gasteiger partial charge in [0.1, 0.15) is 16.3 Å². The molecule has 28 heavy (non-hydrogen) atoms. The van der Waals surface area contributed by atoms with E-state index < -0.39 is 5.97 Å². The van der Waals surface area contributed by atoms with Crippen molar-refractivity contribution in [2.24, 2.45) is 0 Å². The smallest absolute Gasteiger partial charge is 0.341 e. The average Bonchev–Trinajstić information content (AvgIpc) is 3.36. The second kappa shape index (κ2) is 9.34. The number of amides is 1. The minimum absolute atomic E-state index is 0.166. The Morgan fingerprint density at radius 1 is 1.18 bits per heavy atom. The quantitative estimate of drug-likeness (QED) is 0.416. The third kappa shape index (κ3) is 4.49. The summed E-state index contributed by atoms with van der Waals surface area (Å²) in [6.45, 7) is 3.56. The number of ether oxygens (including phenoxy) is 2. The van der Waals surface area contributed by atoms with Crippen LogP contribution < -0.4 is 10.1 Å². The zero-order chi connectivity index (χ0) is 19.9. The molecule has 5 nitrogen and oxygen atoms in total. The van der Waals surface area contributed by atoms with Crippen LogP contribution in [0, 0.1) is 0 Å². The topological polar surface area (TPSA) is 64.6 Å². The molecule has 0 aliphatic heterocycles. The van der Waals surface area contributed by atoms with Gasteiger partial charge in [0.05, 0.1) is 7.11 Å². The van der Waals surface area contributed by atoms with Crippen molar-refractivity contribution in [2.45, 2.75) is 6.42 Å².